The van der Waals surface area contributed by atoms with Gasteiger partial charge in [-0.2, -0.15) is 0 Å². The van der Waals surface area contributed by atoms with E-state index in [9.17, 15) is 0 Å². The van der Waals surface area contributed by atoms with E-state index in [0.29, 0.717) is 6.04 Å². The van der Waals surface area contributed by atoms with Gasteiger partial charge in [-0.25, -0.2) is 0 Å². The van der Waals surface area contributed by atoms with Crippen molar-refractivity contribution in [1.82, 2.24) is 4.90 Å². The molecule has 1 saturated heterocycles. The number of piperazine rings is 1. The SMILES string of the molecule is CCC(CCC(C)(C)c1ccccc1)N1CCN(c2ccccc2)CC1. The summed E-state index contributed by atoms with van der Waals surface area (Å²) in [6.45, 7) is 11.8. The Hall–Kier alpha value is -1.80. The van der Waals surface area contributed by atoms with Crippen LogP contribution in [0.4, 0.5) is 5.69 Å². The molecule has 0 aromatic heterocycles. The molecule has 2 aromatic rings. The summed E-state index contributed by atoms with van der Waals surface area (Å²) in [6, 6.07) is 22.5. The predicted octanol–water partition coefficient (Wildman–Crippen LogP) is 5.35. The Morgan fingerprint density at radius 3 is 2.00 bits per heavy atom. The summed E-state index contributed by atoms with van der Waals surface area (Å²) < 4.78 is 0. The second-order valence-corrected chi connectivity index (χ2v) is 8.21. The fraction of sp³-hybridized carbons (Fsp3) is 0.500. The fourth-order valence-electron chi connectivity index (χ4n) is 4.19. The standard InChI is InChI=1S/C24H34N2/c1-4-22(15-16-24(2,3)21-11-7-5-8-12-21)25-17-19-26(20-18-25)23-13-9-6-10-14-23/h5-14,22H,4,15-20H2,1-3H3. The molecule has 0 amide bonds. The molecule has 1 heterocycles. The van der Waals surface area contributed by atoms with Gasteiger partial charge >= 0.3 is 0 Å². The molecule has 1 atom stereocenters. The highest BCUT2D eigenvalue weighted by molar-refractivity contribution is 5.46. The van der Waals surface area contributed by atoms with Gasteiger partial charge in [-0.15, -0.1) is 0 Å². The van der Waals surface area contributed by atoms with Crippen LogP contribution in [0, 0.1) is 0 Å². The van der Waals surface area contributed by atoms with Crippen molar-refractivity contribution >= 4 is 5.69 Å². The van der Waals surface area contributed by atoms with Gasteiger partial charge in [0.2, 0.25) is 0 Å². The Bertz CT molecular complexity index is 642. The second kappa shape index (κ2) is 8.73. The van der Waals surface area contributed by atoms with Crippen LogP contribution < -0.4 is 4.90 Å². The predicted molar refractivity (Wildman–Crippen MR) is 113 cm³/mol. The van der Waals surface area contributed by atoms with Crippen LogP contribution in [0.5, 0.6) is 0 Å². The maximum absolute atomic E-state index is 2.72. The number of nitrogens with zero attached hydrogens (tertiary/aromatic N) is 2. The van der Waals surface area contributed by atoms with Crippen molar-refractivity contribution in [2.24, 2.45) is 0 Å². The molecule has 0 bridgehead atoms. The number of hydrogen-bond donors (Lipinski definition) is 0. The molecule has 2 aromatic carbocycles. The summed E-state index contributed by atoms with van der Waals surface area (Å²) in [5.41, 5.74) is 3.08. The first-order valence-corrected chi connectivity index (χ1v) is 10.2. The van der Waals surface area contributed by atoms with E-state index in [4.69, 9.17) is 0 Å². The molecule has 1 aliphatic heterocycles. The van der Waals surface area contributed by atoms with Crippen LogP contribution in [0.1, 0.15) is 45.6 Å². The van der Waals surface area contributed by atoms with Crippen LogP contribution >= 0.6 is 0 Å². The van der Waals surface area contributed by atoms with E-state index in [1.54, 1.807) is 0 Å². The highest BCUT2D eigenvalue weighted by atomic mass is 15.3. The first-order valence-electron chi connectivity index (χ1n) is 10.2. The Morgan fingerprint density at radius 1 is 0.846 bits per heavy atom. The normalized spacial score (nSPS) is 17.3. The van der Waals surface area contributed by atoms with Gasteiger partial charge in [-0.05, 0) is 42.4 Å². The Morgan fingerprint density at radius 2 is 1.42 bits per heavy atom. The minimum Gasteiger partial charge on any atom is -0.369 e. The largest absolute Gasteiger partial charge is 0.369 e. The van der Waals surface area contributed by atoms with Gasteiger partial charge in [-0.3, -0.25) is 4.90 Å². The lowest BCUT2D eigenvalue weighted by atomic mass is 9.79. The van der Waals surface area contributed by atoms with Crippen molar-refractivity contribution in [2.45, 2.75) is 51.5 Å². The number of benzene rings is 2. The molecule has 3 rings (SSSR count). The lowest BCUT2D eigenvalue weighted by molar-refractivity contribution is 0.162. The van der Waals surface area contributed by atoms with E-state index in [1.807, 2.05) is 0 Å². The first-order chi connectivity index (χ1) is 12.6. The number of rotatable bonds is 7. The minimum atomic E-state index is 0.251. The maximum Gasteiger partial charge on any atom is 0.0367 e. The fourth-order valence-corrected chi connectivity index (χ4v) is 4.19. The lowest BCUT2D eigenvalue weighted by Crippen LogP contribution is -2.50. The zero-order chi connectivity index (χ0) is 18.4. The van der Waals surface area contributed by atoms with Crippen LogP contribution in [0.3, 0.4) is 0 Å². The third-order valence-electron chi connectivity index (χ3n) is 6.08. The van der Waals surface area contributed by atoms with E-state index in [0.717, 1.165) is 13.1 Å². The molecule has 1 fully saturated rings. The number of anilines is 1. The molecular weight excluding hydrogens is 316 g/mol. The molecule has 140 valence electrons. The van der Waals surface area contributed by atoms with Crippen molar-refractivity contribution in [3.05, 3.63) is 66.2 Å². The molecule has 0 saturated carbocycles. The van der Waals surface area contributed by atoms with Crippen LogP contribution in [-0.2, 0) is 5.41 Å². The second-order valence-electron chi connectivity index (χ2n) is 8.21. The van der Waals surface area contributed by atoms with E-state index >= 15 is 0 Å². The van der Waals surface area contributed by atoms with Gasteiger partial charge in [0.05, 0.1) is 0 Å². The van der Waals surface area contributed by atoms with Crippen LogP contribution in [-0.4, -0.2) is 37.1 Å². The minimum absolute atomic E-state index is 0.251. The van der Waals surface area contributed by atoms with Crippen molar-refractivity contribution in [3.8, 4) is 0 Å². The molecule has 2 nitrogen and oxygen atoms in total. The average molecular weight is 351 g/mol. The molecule has 1 unspecified atom stereocenters. The highest BCUT2D eigenvalue weighted by Crippen LogP contribution is 2.30. The number of hydrogen-bond acceptors (Lipinski definition) is 2. The molecule has 0 spiro atoms. The van der Waals surface area contributed by atoms with Gasteiger partial charge in [0.15, 0.2) is 0 Å². The van der Waals surface area contributed by atoms with E-state index < -0.39 is 0 Å². The van der Waals surface area contributed by atoms with Crippen LogP contribution in [0.15, 0.2) is 60.7 Å². The van der Waals surface area contributed by atoms with Gasteiger partial charge in [0.25, 0.3) is 0 Å². The summed E-state index contributed by atoms with van der Waals surface area (Å²) in [4.78, 5) is 5.25. The van der Waals surface area contributed by atoms with E-state index in [2.05, 4.69) is 91.2 Å². The van der Waals surface area contributed by atoms with E-state index in [-0.39, 0.29) is 5.41 Å². The third kappa shape index (κ3) is 4.67. The summed E-state index contributed by atoms with van der Waals surface area (Å²) in [5.74, 6) is 0. The highest BCUT2D eigenvalue weighted by Gasteiger charge is 2.26. The smallest absolute Gasteiger partial charge is 0.0367 e. The lowest BCUT2D eigenvalue weighted by Gasteiger charge is -2.41. The van der Waals surface area contributed by atoms with Crippen molar-refractivity contribution in [1.29, 1.82) is 0 Å². The molecular formula is C24H34N2. The Balaban J connectivity index is 1.53. The third-order valence-corrected chi connectivity index (χ3v) is 6.08. The Kier molecular flexibility index (Phi) is 6.37. The topological polar surface area (TPSA) is 6.48 Å². The summed E-state index contributed by atoms with van der Waals surface area (Å²) >= 11 is 0. The molecule has 0 aliphatic carbocycles. The first kappa shape index (κ1) is 19.0. The van der Waals surface area contributed by atoms with Gasteiger partial charge < -0.3 is 4.90 Å². The Labute approximate surface area is 159 Å². The quantitative estimate of drug-likeness (QED) is 0.664. The summed E-state index contributed by atoms with van der Waals surface area (Å²) in [6.07, 6.45) is 3.77. The zero-order valence-corrected chi connectivity index (χ0v) is 16.7. The van der Waals surface area contributed by atoms with Crippen molar-refractivity contribution < 1.29 is 0 Å². The monoisotopic (exact) mass is 350 g/mol. The summed E-state index contributed by atoms with van der Waals surface area (Å²) in [7, 11) is 0. The average Bonchev–Trinajstić information content (AvgIpc) is 2.70. The molecule has 26 heavy (non-hydrogen) atoms. The van der Waals surface area contributed by atoms with E-state index in [1.165, 1.54) is 43.6 Å². The molecule has 2 heteroatoms. The van der Waals surface area contributed by atoms with Crippen molar-refractivity contribution in [2.75, 3.05) is 31.1 Å². The molecule has 1 aliphatic rings. The van der Waals surface area contributed by atoms with Crippen molar-refractivity contribution in [3.63, 3.8) is 0 Å². The summed E-state index contributed by atoms with van der Waals surface area (Å²) in [5, 5.41) is 0. The van der Waals surface area contributed by atoms with Crippen LogP contribution in [0.2, 0.25) is 0 Å². The number of para-hydroxylation sites is 1. The molecule has 0 N–H and O–H groups in total. The maximum atomic E-state index is 2.72. The van der Waals surface area contributed by atoms with Gasteiger partial charge in [-0.1, -0.05) is 69.3 Å². The van der Waals surface area contributed by atoms with Crippen LogP contribution in [0.25, 0.3) is 0 Å². The van der Waals surface area contributed by atoms with Gasteiger partial charge in [0.1, 0.15) is 0 Å². The molecule has 0 radical (unpaired) electrons. The zero-order valence-electron chi connectivity index (χ0n) is 16.7. The van der Waals surface area contributed by atoms with Gasteiger partial charge in [0, 0.05) is 37.9 Å².